The summed E-state index contributed by atoms with van der Waals surface area (Å²) in [5.74, 6) is -0.307. The van der Waals surface area contributed by atoms with Gasteiger partial charge >= 0.3 is 0 Å². The summed E-state index contributed by atoms with van der Waals surface area (Å²) in [6.07, 6.45) is 0. The largest absolute Gasteiger partial charge is 0.394 e. The van der Waals surface area contributed by atoms with Crippen LogP contribution in [0.2, 0.25) is 0 Å². The van der Waals surface area contributed by atoms with Gasteiger partial charge in [0.2, 0.25) is 0 Å². The number of rotatable bonds is 4. The smallest absolute Gasteiger partial charge is 0.130 e. The number of anilines is 1. The fraction of sp³-hybridized carbons (Fsp3) is 0.538. The van der Waals surface area contributed by atoms with Gasteiger partial charge in [-0.3, -0.25) is 0 Å². The minimum Gasteiger partial charge on any atom is -0.394 e. The number of likely N-dealkylation sites (N-methyl/N-ethyl adjacent to an activating group) is 1. The zero-order chi connectivity index (χ0) is 13.2. The average molecular weight is 240 g/mol. The molecule has 0 unspecified atom stereocenters. The van der Waals surface area contributed by atoms with Crippen LogP contribution in [0.25, 0.3) is 0 Å². The summed E-state index contributed by atoms with van der Waals surface area (Å²) >= 11 is 0. The van der Waals surface area contributed by atoms with Crippen LogP contribution >= 0.6 is 0 Å². The Morgan fingerprint density at radius 2 is 2.06 bits per heavy atom. The summed E-state index contributed by atoms with van der Waals surface area (Å²) < 4.78 is 13.8. The van der Waals surface area contributed by atoms with Crippen LogP contribution < -0.4 is 10.6 Å². The molecule has 1 aromatic rings. The van der Waals surface area contributed by atoms with Gasteiger partial charge in [0.25, 0.3) is 0 Å². The molecule has 1 rings (SSSR count). The second-order valence-corrected chi connectivity index (χ2v) is 4.99. The van der Waals surface area contributed by atoms with Crippen LogP contribution in [0.5, 0.6) is 0 Å². The number of nitrogens with zero attached hydrogens (tertiary/aromatic N) is 1. The first-order valence-corrected chi connectivity index (χ1v) is 5.70. The number of aliphatic hydroxyl groups is 1. The second-order valence-electron chi connectivity index (χ2n) is 4.99. The van der Waals surface area contributed by atoms with Crippen LogP contribution in [0.1, 0.15) is 32.4 Å². The van der Waals surface area contributed by atoms with E-state index in [1.807, 2.05) is 31.9 Å². The summed E-state index contributed by atoms with van der Waals surface area (Å²) in [7, 11) is 1.83. The van der Waals surface area contributed by atoms with E-state index in [0.29, 0.717) is 5.56 Å². The van der Waals surface area contributed by atoms with Gasteiger partial charge in [-0.2, -0.15) is 0 Å². The lowest BCUT2D eigenvalue weighted by molar-refractivity contribution is 0.216. The van der Waals surface area contributed by atoms with E-state index in [1.54, 1.807) is 13.0 Å². The molecule has 0 aliphatic rings. The van der Waals surface area contributed by atoms with Crippen LogP contribution in [0, 0.1) is 5.82 Å². The summed E-state index contributed by atoms with van der Waals surface area (Å²) in [6.45, 7) is 5.52. The van der Waals surface area contributed by atoms with Crippen molar-refractivity contribution in [3.63, 3.8) is 0 Å². The summed E-state index contributed by atoms with van der Waals surface area (Å²) in [6, 6.07) is 4.49. The fourth-order valence-corrected chi connectivity index (χ4v) is 1.70. The molecular weight excluding hydrogens is 219 g/mol. The molecule has 1 atom stereocenters. The van der Waals surface area contributed by atoms with Gasteiger partial charge in [-0.1, -0.05) is 6.07 Å². The topological polar surface area (TPSA) is 49.5 Å². The normalized spacial score (nSPS) is 13.6. The Labute approximate surface area is 102 Å². The molecule has 17 heavy (non-hydrogen) atoms. The van der Waals surface area contributed by atoms with Gasteiger partial charge in [0.15, 0.2) is 0 Å². The fourth-order valence-electron chi connectivity index (χ4n) is 1.70. The van der Waals surface area contributed by atoms with Crippen molar-refractivity contribution >= 4 is 5.69 Å². The first-order valence-electron chi connectivity index (χ1n) is 5.70. The number of hydrogen-bond donors (Lipinski definition) is 2. The second kappa shape index (κ2) is 5.02. The van der Waals surface area contributed by atoms with Crippen LogP contribution in [-0.2, 0) is 0 Å². The third kappa shape index (κ3) is 2.76. The molecule has 1 aromatic carbocycles. The van der Waals surface area contributed by atoms with E-state index in [2.05, 4.69) is 0 Å². The van der Waals surface area contributed by atoms with Gasteiger partial charge < -0.3 is 15.7 Å². The number of aliphatic hydroxyl groups excluding tert-OH is 1. The number of nitrogens with two attached hydrogens (primary N) is 1. The summed E-state index contributed by atoms with van der Waals surface area (Å²) in [5, 5.41) is 9.36. The van der Waals surface area contributed by atoms with E-state index in [9.17, 15) is 9.50 Å². The molecule has 0 saturated carbocycles. The molecule has 0 spiro atoms. The molecule has 0 heterocycles. The molecule has 3 N–H and O–H groups in total. The molecule has 0 saturated heterocycles. The molecule has 0 radical (unpaired) electrons. The molecule has 0 aliphatic heterocycles. The monoisotopic (exact) mass is 240 g/mol. The van der Waals surface area contributed by atoms with Crippen molar-refractivity contribution in [2.45, 2.75) is 32.4 Å². The Kier molecular flexibility index (Phi) is 4.11. The Hall–Kier alpha value is -1.13. The van der Waals surface area contributed by atoms with Crippen molar-refractivity contribution in [1.29, 1.82) is 0 Å². The molecule has 0 fully saturated rings. The first kappa shape index (κ1) is 13.9. The van der Waals surface area contributed by atoms with Crippen molar-refractivity contribution in [3.05, 3.63) is 29.6 Å². The lowest BCUT2D eigenvalue weighted by atomic mass is 9.99. The highest BCUT2D eigenvalue weighted by atomic mass is 19.1. The van der Waals surface area contributed by atoms with E-state index >= 15 is 0 Å². The van der Waals surface area contributed by atoms with Crippen LogP contribution in [0.4, 0.5) is 10.1 Å². The highest BCUT2D eigenvalue weighted by Gasteiger charge is 2.26. The summed E-state index contributed by atoms with van der Waals surface area (Å²) in [4.78, 5) is 1.86. The van der Waals surface area contributed by atoms with Crippen molar-refractivity contribution in [1.82, 2.24) is 0 Å². The molecule has 0 amide bonds. The van der Waals surface area contributed by atoms with Crippen LogP contribution in [0.3, 0.4) is 0 Å². The van der Waals surface area contributed by atoms with Crippen molar-refractivity contribution in [3.8, 4) is 0 Å². The molecule has 4 heteroatoms. The van der Waals surface area contributed by atoms with E-state index in [0.717, 1.165) is 5.69 Å². The maximum atomic E-state index is 13.8. The summed E-state index contributed by atoms with van der Waals surface area (Å²) in [5.41, 5.74) is 6.55. The SMILES string of the molecule is C[C@@H](N)c1c(F)cccc1N(C)C(C)(C)CO. The highest BCUT2D eigenvalue weighted by molar-refractivity contribution is 5.56. The Balaban J connectivity index is 3.27. The van der Waals surface area contributed by atoms with Crippen molar-refractivity contribution < 1.29 is 9.50 Å². The van der Waals surface area contributed by atoms with Crippen molar-refractivity contribution in [2.24, 2.45) is 5.73 Å². The molecular formula is C13H21FN2O. The third-order valence-electron chi connectivity index (χ3n) is 3.14. The molecule has 0 bridgehead atoms. The minimum absolute atomic E-state index is 0.0155. The third-order valence-corrected chi connectivity index (χ3v) is 3.14. The first-order chi connectivity index (χ1) is 7.81. The number of benzene rings is 1. The number of halogens is 1. The van der Waals surface area contributed by atoms with E-state index in [4.69, 9.17) is 5.73 Å². The quantitative estimate of drug-likeness (QED) is 0.847. The van der Waals surface area contributed by atoms with Gasteiger partial charge in [0.05, 0.1) is 12.1 Å². The predicted octanol–water partition coefficient (Wildman–Crippen LogP) is 2.05. The van der Waals surface area contributed by atoms with Gasteiger partial charge in [-0.15, -0.1) is 0 Å². The zero-order valence-corrected chi connectivity index (χ0v) is 10.9. The average Bonchev–Trinajstić information content (AvgIpc) is 2.27. The molecule has 0 aromatic heterocycles. The lowest BCUT2D eigenvalue weighted by Crippen LogP contribution is -2.45. The predicted molar refractivity (Wildman–Crippen MR) is 68.6 cm³/mol. The molecule has 3 nitrogen and oxygen atoms in total. The van der Waals surface area contributed by atoms with E-state index < -0.39 is 5.54 Å². The standard InChI is InChI=1S/C13H21FN2O/c1-9(15)12-10(14)6-5-7-11(12)16(4)13(2,3)8-17/h5-7,9,17H,8,15H2,1-4H3/t9-/m1/s1. The van der Waals surface area contributed by atoms with Gasteiger partial charge in [-0.25, -0.2) is 4.39 Å². The highest BCUT2D eigenvalue weighted by Crippen LogP contribution is 2.30. The Morgan fingerprint density at radius 1 is 1.47 bits per heavy atom. The minimum atomic E-state index is -0.461. The van der Waals surface area contributed by atoms with Crippen LogP contribution in [0.15, 0.2) is 18.2 Å². The maximum Gasteiger partial charge on any atom is 0.130 e. The van der Waals surface area contributed by atoms with Gasteiger partial charge in [-0.05, 0) is 32.9 Å². The Morgan fingerprint density at radius 3 is 2.53 bits per heavy atom. The number of hydrogen-bond acceptors (Lipinski definition) is 3. The van der Waals surface area contributed by atoms with E-state index in [-0.39, 0.29) is 18.5 Å². The van der Waals surface area contributed by atoms with Gasteiger partial charge in [0.1, 0.15) is 5.82 Å². The molecule has 96 valence electrons. The molecule has 0 aliphatic carbocycles. The maximum absolute atomic E-state index is 13.8. The Bertz CT molecular complexity index is 391. The zero-order valence-electron chi connectivity index (χ0n) is 10.9. The van der Waals surface area contributed by atoms with Crippen molar-refractivity contribution in [2.75, 3.05) is 18.6 Å². The van der Waals surface area contributed by atoms with Crippen LogP contribution in [-0.4, -0.2) is 24.3 Å². The lowest BCUT2D eigenvalue weighted by Gasteiger charge is -2.37. The van der Waals surface area contributed by atoms with E-state index in [1.165, 1.54) is 6.07 Å². The van der Waals surface area contributed by atoms with Gasteiger partial charge in [0, 0.05) is 24.3 Å².